The third kappa shape index (κ3) is 5.46. The molecule has 0 spiro atoms. The molecular formula is C24H29ClN2O5. The van der Waals surface area contributed by atoms with Gasteiger partial charge in [0.15, 0.2) is 6.61 Å². The van der Waals surface area contributed by atoms with Crippen molar-refractivity contribution in [3.05, 3.63) is 47.0 Å². The van der Waals surface area contributed by atoms with Crippen molar-refractivity contribution >= 4 is 29.1 Å². The van der Waals surface area contributed by atoms with Gasteiger partial charge in [-0.05, 0) is 57.4 Å². The number of carbonyl (C=O) groups is 2. The lowest BCUT2D eigenvalue weighted by atomic mass is 9.97. The highest BCUT2D eigenvalue weighted by molar-refractivity contribution is 6.32. The van der Waals surface area contributed by atoms with E-state index in [1.54, 1.807) is 36.4 Å². The Hall–Kier alpha value is -2.93. The third-order valence-electron chi connectivity index (χ3n) is 5.68. The smallest absolute Gasteiger partial charge is 0.260 e. The summed E-state index contributed by atoms with van der Waals surface area (Å²) < 4.78 is 16.2. The van der Waals surface area contributed by atoms with Crippen LogP contribution in [0.25, 0.3) is 0 Å². The Morgan fingerprint density at radius 1 is 1.03 bits per heavy atom. The minimum Gasteiger partial charge on any atom is -0.495 e. The van der Waals surface area contributed by atoms with Crippen LogP contribution < -0.4 is 19.5 Å². The molecule has 2 aromatic carbocycles. The van der Waals surface area contributed by atoms with E-state index < -0.39 is 0 Å². The predicted octanol–water partition coefficient (Wildman–Crippen LogP) is 4.78. The number of hydrogen-bond acceptors (Lipinski definition) is 5. The summed E-state index contributed by atoms with van der Waals surface area (Å²) in [4.78, 5) is 27.2. The zero-order chi connectivity index (χ0) is 23.3. The molecule has 2 unspecified atom stereocenters. The van der Waals surface area contributed by atoms with E-state index in [0.717, 1.165) is 19.3 Å². The van der Waals surface area contributed by atoms with Gasteiger partial charge in [0.1, 0.15) is 17.2 Å². The molecular weight excluding hydrogens is 432 g/mol. The molecule has 0 radical (unpaired) electrons. The standard InChI is InChI=1S/C24H29ClN2O5/c1-15-6-5-7-16(2)27(15)23(28)14-32-18-10-8-17(9-11-18)24(29)26-20-13-21(30-3)19(25)12-22(20)31-4/h8-13,15-16H,5-7,14H2,1-4H3,(H,26,29). The fourth-order valence-electron chi connectivity index (χ4n) is 3.99. The summed E-state index contributed by atoms with van der Waals surface area (Å²) >= 11 is 6.11. The van der Waals surface area contributed by atoms with E-state index >= 15 is 0 Å². The van der Waals surface area contributed by atoms with Crippen LogP contribution in [-0.4, -0.2) is 49.6 Å². The summed E-state index contributed by atoms with van der Waals surface area (Å²) in [5.74, 6) is 1.02. The van der Waals surface area contributed by atoms with Gasteiger partial charge in [-0.1, -0.05) is 11.6 Å². The van der Waals surface area contributed by atoms with Crippen LogP contribution in [0.1, 0.15) is 43.5 Å². The first kappa shape index (κ1) is 23.7. The molecule has 1 fully saturated rings. The van der Waals surface area contributed by atoms with Crippen molar-refractivity contribution in [3.63, 3.8) is 0 Å². The summed E-state index contributed by atoms with van der Waals surface area (Å²) in [6.45, 7) is 4.13. The number of carbonyl (C=O) groups excluding carboxylic acids is 2. The van der Waals surface area contributed by atoms with E-state index in [4.69, 9.17) is 25.8 Å². The molecule has 0 bridgehead atoms. The molecule has 1 heterocycles. The lowest BCUT2D eigenvalue weighted by Crippen LogP contribution is -2.49. The maximum Gasteiger partial charge on any atom is 0.260 e. The molecule has 1 N–H and O–H groups in total. The predicted molar refractivity (Wildman–Crippen MR) is 124 cm³/mol. The average Bonchev–Trinajstić information content (AvgIpc) is 2.78. The van der Waals surface area contributed by atoms with E-state index in [2.05, 4.69) is 19.2 Å². The highest BCUT2D eigenvalue weighted by Crippen LogP contribution is 2.36. The van der Waals surface area contributed by atoms with Crippen LogP contribution in [-0.2, 0) is 4.79 Å². The summed E-state index contributed by atoms with van der Waals surface area (Å²) in [5.41, 5.74) is 0.868. The normalized spacial score (nSPS) is 18.1. The van der Waals surface area contributed by atoms with Crippen molar-refractivity contribution in [3.8, 4) is 17.2 Å². The van der Waals surface area contributed by atoms with Crippen molar-refractivity contribution in [2.75, 3.05) is 26.1 Å². The molecule has 1 saturated heterocycles. The van der Waals surface area contributed by atoms with Crippen molar-refractivity contribution in [1.29, 1.82) is 0 Å². The number of nitrogens with one attached hydrogen (secondary N) is 1. The number of benzene rings is 2. The number of anilines is 1. The lowest BCUT2D eigenvalue weighted by Gasteiger charge is -2.38. The van der Waals surface area contributed by atoms with Crippen LogP contribution >= 0.6 is 11.6 Å². The number of amides is 2. The molecule has 0 saturated carbocycles. The lowest BCUT2D eigenvalue weighted by molar-refractivity contribution is -0.139. The van der Waals surface area contributed by atoms with Gasteiger partial charge in [-0.15, -0.1) is 0 Å². The molecule has 7 nitrogen and oxygen atoms in total. The summed E-state index contributed by atoms with van der Waals surface area (Å²) in [5, 5.41) is 3.18. The minimum atomic E-state index is -0.328. The van der Waals surface area contributed by atoms with Crippen molar-refractivity contribution in [1.82, 2.24) is 4.90 Å². The van der Waals surface area contributed by atoms with Gasteiger partial charge >= 0.3 is 0 Å². The highest BCUT2D eigenvalue weighted by atomic mass is 35.5. The van der Waals surface area contributed by atoms with Crippen LogP contribution in [0.15, 0.2) is 36.4 Å². The summed E-state index contributed by atoms with van der Waals surface area (Å²) in [7, 11) is 2.99. The Kier molecular flexibility index (Phi) is 7.85. The molecule has 3 rings (SSSR count). The van der Waals surface area contributed by atoms with Gasteiger partial charge in [-0.2, -0.15) is 0 Å². The number of hydrogen-bond donors (Lipinski definition) is 1. The summed E-state index contributed by atoms with van der Waals surface area (Å²) in [6, 6.07) is 10.3. The largest absolute Gasteiger partial charge is 0.495 e. The number of piperidine rings is 1. The van der Waals surface area contributed by atoms with E-state index in [9.17, 15) is 9.59 Å². The zero-order valence-electron chi connectivity index (χ0n) is 18.8. The molecule has 1 aliphatic rings. The average molecular weight is 461 g/mol. The van der Waals surface area contributed by atoms with Crippen molar-refractivity contribution in [2.24, 2.45) is 0 Å². The maximum atomic E-state index is 12.7. The molecule has 8 heteroatoms. The van der Waals surface area contributed by atoms with Gasteiger partial charge < -0.3 is 24.4 Å². The minimum absolute atomic E-state index is 0.0182. The number of nitrogens with zero attached hydrogens (tertiary/aromatic N) is 1. The third-order valence-corrected chi connectivity index (χ3v) is 5.98. The van der Waals surface area contributed by atoms with Crippen molar-refractivity contribution < 1.29 is 23.8 Å². The molecule has 2 amide bonds. The number of likely N-dealkylation sites (tertiary alicyclic amines) is 1. The first-order chi connectivity index (χ1) is 15.3. The fourth-order valence-corrected chi connectivity index (χ4v) is 4.22. The second-order valence-corrected chi connectivity index (χ2v) is 8.29. The number of halogens is 1. The quantitative estimate of drug-likeness (QED) is 0.643. The van der Waals surface area contributed by atoms with Gasteiger partial charge in [0.05, 0.1) is 24.9 Å². The van der Waals surface area contributed by atoms with Gasteiger partial charge in [0.25, 0.3) is 11.8 Å². The first-order valence-electron chi connectivity index (χ1n) is 10.6. The SMILES string of the molecule is COc1cc(NC(=O)c2ccc(OCC(=O)N3C(C)CCCC3C)cc2)c(OC)cc1Cl. The van der Waals surface area contributed by atoms with Crippen LogP contribution in [0, 0.1) is 0 Å². The van der Waals surface area contributed by atoms with Crippen LogP contribution in [0.3, 0.4) is 0 Å². The molecule has 2 aromatic rings. The molecule has 1 aliphatic heterocycles. The van der Waals surface area contributed by atoms with Crippen LogP contribution in [0.4, 0.5) is 5.69 Å². The van der Waals surface area contributed by atoms with E-state index in [-0.39, 0.29) is 30.5 Å². The second kappa shape index (κ2) is 10.6. The van der Waals surface area contributed by atoms with Crippen LogP contribution in [0.2, 0.25) is 5.02 Å². The first-order valence-corrected chi connectivity index (χ1v) is 11.0. The summed E-state index contributed by atoms with van der Waals surface area (Å²) in [6.07, 6.45) is 3.18. The monoisotopic (exact) mass is 460 g/mol. The van der Waals surface area contributed by atoms with E-state index in [1.165, 1.54) is 14.2 Å². The Labute approximate surface area is 193 Å². The van der Waals surface area contributed by atoms with E-state index in [1.807, 2.05) is 4.90 Å². The Morgan fingerprint density at radius 3 is 2.25 bits per heavy atom. The van der Waals surface area contributed by atoms with Gasteiger partial charge in [-0.3, -0.25) is 9.59 Å². The van der Waals surface area contributed by atoms with Gasteiger partial charge in [0.2, 0.25) is 0 Å². The zero-order valence-corrected chi connectivity index (χ0v) is 19.6. The highest BCUT2D eigenvalue weighted by Gasteiger charge is 2.29. The Bertz CT molecular complexity index is 954. The molecule has 2 atom stereocenters. The maximum absolute atomic E-state index is 12.7. The fraction of sp³-hybridized carbons (Fsp3) is 0.417. The number of methoxy groups -OCH3 is 2. The number of ether oxygens (including phenoxy) is 3. The van der Waals surface area contributed by atoms with Crippen molar-refractivity contribution in [2.45, 2.75) is 45.2 Å². The van der Waals surface area contributed by atoms with Gasteiger partial charge in [0, 0.05) is 29.8 Å². The topological polar surface area (TPSA) is 77.1 Å². The molecule has 0 aromatic heterocycles. The second-order valence-electron chi connectivity index (χ2n) is 7.88. The van der Waals surface area contributed by atoms with Gasteiger partial charge in [-0.25, -0.2) is 0 Å². The van der Waals surface area contributed by atoms with E-state index in [0.29, 0.717) is 33.5 Å². The molecule has 172 valence electrons. The molecule has 32 heavy (non-hydrogen) atoms. The Morgan fingerprint density at radius 2 is 1.66 bits per heavy atom. The number of rotatable bonds is 7. The molecule has 0 aliphatic carbocycles. The Balaban J connectivity index is 1.62. The van der Waals surface area contributed by atoms with Crippen LogP contribution in [0.5, 0.6) is 17.2 Å².